The minimum Gasteiger partial charge on any atom is -0.455 e. The lowest BCUT2D eigenvalue weighted by molar-refractivity contribution is -0.151. The molecule has 0 aliphatic rings. The van der Waals surface area contributed by atoms with Crippen LogP contribution in [0.1, 0.15) is 24.2 Å². The van der Waals surface area contributed by atoms with Crippen LogP contribution in [0.2, 0.25) is 0 Å². The molecule has 0 aliphatic heterocycles. The fourth-order valence-corrected chi connectivity index (χ4v) is 3.57. The predicted molar refractivity (Wildman–Crippen MR) is 110 cm³/mol. The Hall–Kier alpha value is -3.06. The number of carbonyl (C=O) groups is 2. The number of amides is 1. The molecular weight excluding hydrogens is 391 g/mol. The number of hydrogen-bond acceptors (Lipinski definition) is 5. The van der Waals surface area contributed by atoms with Crippen molar-refractivity contribution in [2.45, 2.75) is 19.4 Å². The van der Waals surface area contributed by atoms with Crippen LogP contribution in [0.3, 0.4) is 0 Å². The van der Waals surface area contributed by atoms with Gasteiger partial charge >= 0.3 is 5.97 Å². The van der Waals surface area contributed by atoms with E-state index in [1.807, 2.05) is 37.3 Å². The molecule has 0 spiro atoms. The Balaban J connectivity index is 1.51. The molecule has 3 rings (SSSR count). The minimum absolute atomic E-state index is 0.0446. The van der Waals surface area contributed by atoms with E-state index in [4.69, 9.17) is 4.74 Å². The van der Waals surface area contributed by atoms with Gasteiger partial charge in [-0.2, -0.15) is 0 Å². The van der Waals surface area contributed by atoms with E-state index in [2.05, 4.69) is 4.98 Å². The number of esters is 1. The van der Waals surface area contributed by atoms with Crippen molar-refractivity contribution in [3.8, 4) is 10.6 Å². The smallest absolute Gasteiger partial charge is 0.312 e. The van der Waals surface area contributed by atoms with Gasteiger partial charge in [-0.25, -0.2) is 9.37 Å². The highest BCUT2D eigenvalue weighted by Gasteiger charge is 2.19. The molecule has 0 fully saturated rings. The zero-order valence-corrected chi connectivity index (χ0v) is 17.0. The molecule has 0 unspecified atom stereocenters. The van der Waals surface area contributed by atoms with Crippen LogP contribution in [0.5, 0.6) is 0 Å². The van der Waals surface area contributed by atoms with E-state index in [1.54, 1.807) is 29.5 Å². The summed E-state index contributed by atoms with van der Waals surface area (Å²) >= 11 is 1.32. The molecule has 0 bridgehead atoms. The van der Waals surface area contributed by atoms with E-state index in [0.717, 1.165) is 5.56 Å². The number of thiazole rings is 1. The summed E-state index contributed by atoms with van der Waals surface area (Å²) in [6.07, 6.45) is -0.0446. The summed E-state index contributed by atoms with van der Waals surface area (Å²) in [4.78, 5) is 30.3. The lowest BCUT2D eigenvalue weighted by Crippen LogP contribution is -2.33. The molecule has 3 aromatic rings. The van der Waals surface area contributed by atoms with Crippen LogP contribution in [0.25, 0.3) is 10.6 Å². The third-order valence-electron chi connectivity index (χ3n) is 4.56. The average molecular weight is 412 g/mol. The molecule has 29 heavy (non-hydrogen) atoms. The van der Waals surface area contributed by atoms with Gasteiger partial charge in [0.05, 0.1) is 18.2 Å². The minimum atomic E-state index is -0.532. The van der Waals surface area contributed by atoms with Gasteiger partial charge in [0.1, 0.15) is 10.8 Å². The zero-order valence-electron chi connectivity index (χ0n) is 16.2. The van der Waals surface area contributed by atoms with Crippen LogP contribution in [0.4, 0.5) is 4.39 Å². The molecule has 1 atom stereocenters. The Morgan fingerprint density at radius 1 is 1.17 bits per heavy atom. The molecule has 150 valence electrons. The second kappa shape index (κ2) is 9.43. The van der Waals surface area contributed by atoms with E-state index in [1.165, 1.54) is 23.5 Å². The number of benzene rings is 2. The first-order valence-corrected chi connectivity index (χ1v) is 9.98. The Morgan fingerprint density at radius 3 is 2.66 bits per heavy atom. The number of rotatable bonds is 7. The molecule has 7 heteroatoms. The fraction of sp³-hybridized carbons (Fsp3) is 0.227. The maximum atomic E-state index is 13.3. The highest BCUT2D eigenvalue weighted by molar-refractivity contribution is 7.13. The second-order valence-electron chi connectivity index (χ2n) is 6.58. The average Bonchev–Trinajstić information content (AvgIpc) is 3.20. The molecule has 1 amide bonds. The van der Waals surface area contributed by atoms with Crippen LogP contribution in [0.15, 0.2) is 60.0 Å². The molecule has 5 nitrogen and oxygen atoms in total. The van der Waals surface area contributed by atoms with E-state index < -0.39 is 5.97 Å². The fourth-order valence-electron chi connectivity index (χ4n) is 2.76. The first-order chi connectivity index (χ1) is 13.9. The maximum absolute atomic E-state index is 13.3. The molecule has 2 aromatic carbocycles. The van der Waals surface area contributed by atoms with Crippen LogP contribution in [0, 0.1) is 5.82 Å². The first-order valence-electron chi connectivity index (χ1n) is 9.10. The molecule has 1 heterocycles. The number of nitrogens with zero attached hydrogens (tertiary/aromatic N) is 2. The quantitative estimate of drug-likeness (QED) is 0.544. The van der Waals surface area contributed by atoms with Crippen molar-refractivity contribution in [1.82, 2.24) is 9.88 Å². The van der Waals surface area contributed by atoms with E-state index in [-0.39, 0.29) is 30.8 Å². The van der Waals surface area contributed by atoms with Crippen molar-refractivity contribution in [3.05, 3.63) is 77.1 Å². The lowest BCUT2D eigenvalue weighted by atomic mass is 10.1. The van der Waals surface area contributed by atoms with Gasteiger partial charge in [-0.05, 0) is 24.6 Å². The van der Waals surface area contributed by atoms with Gasteiger partial charge < -0.3 is 9.64 Å². The van der Waals surface area contributed by atoms with Gasteiger partial charge in [-0.1, -0.05) is 42.5 Å². The number of ether oxygens (including phenoxy) is 1. The van der Waals surface area contributed by atoms with E-state index >= 15 is 0 Å². The van der Waals surface area contributed by atoms with Gasteiger partial charge in [0.15, 0.2) is 6.61 Å². The number of halogens is 1. The van der Waals surface area contributed by atoms with Gasteiger partial charge in [0, 0.05) is 18.0 Å². The molecule has 0 N–H and O–H groups in total. The van der Waals surface area contributed by atoms with Crippen LogP contribution in [-0.4, -0.2) is 35.4 Å². The summed E-state index contributed by atoms with van der Waals surface area (Å²) in [5.41, 5.74) is 2.18. The third kappa shape index (κ3) is 5.48. The summed E-state index contributed by atoms with van der Waals surface area (Å²) in [7, 11) is 1.68. The van der Waals surface area contributed by atoms with Crippen molar-refractivity contribution in [3.63, 3.8) is 0 Å². The lowest BCUT2D eigenvalue weighted by Gasteiger charge is -2.25. The second-order valence-corrected chi connectivity index (χ2v) is 7.44. The molecule has 0 saturated carbocycles. The molecule has 0 aliphatic carbocycles. The highest BCUT2D eigenvalue weighted by atomic mass is 32.1. The number of carbonyl (C=O) groups excluding carboxylic acids is 2. The van der Waals surface area contributed by atoms with Gasteiger partial charge in [-0.3, -0.25) is 9.59 Å². The summed E-state index contributed by atoms with van der Waals surface area (Å²) in [6.45, 7) is 1.59. The Kier molecular flexibility index (Phi) is 6.72. The van der Waals surface area contributed by atoms with Crippen LogP contribution < -0.4 is 0 Å². The summed E-state index contributed by atoms with van der Waals surface area (Å²) in [6, 6.07) is 15.6. The van der Waals surface area contributed by atoms with Crippen LogP contribution in [-0.2, 0) is 20.7 Å². The van der Waals surface area contributed by atoms with Gasteiger partial charge in [-0.15, -0.1) is 11.3 Å². The summed E-state index contributed by atoms with van der Waals surface area (Å²) in [5, 5.41) is 2.35. The van der Waals surface area contributed by atoms with Crippen molar-refractivity contribution in [2.75, 3.05) is 13.7 Å². The molecule has 1 aromatic heterocycles. The molecule has 0 saturated heterocycles. The zero-order chi connectivity index (χ0) is 20.8. The third-order valence-corrected chi connectivity index (χ3v) is 5.50. The number of hydrogen-bond donors (Lipinski definition) is 0. The van der Waals surface area contributed by atoms with E-state index in [0.29, 0.717) is 16.3 Å². The monoisotopic (exact) mass is 412 g/mol. The van der Waals surface area contributed by atoms with Crippen molar-refractivity contribution < 1.29 is 18.7 Å². The van der Waals surface area contributed by atoms with E-state index in [9.17, 15) is 14.0 Å². The summed E-state index contributed by atoms with van der Waals surface area (Å²) < 4.78 is 18.5. The topological polar surface area (TPSA) is 59.5 Å². The normalized spacial score (nSPS) is 11.7. The summed E-state index contributed by atoms with van der Waals surface area (Å²) in [5.74, 6) is -1.16. The largest absolute Gasteiger partial charge is 0.455 e. The van der Waals surface area contributed by atoms with Crippen LogP contribution >= 0.6 is 11.3 Å². The SMILES string of the molecule is C[C@@H](c1ccccc1)N(C)C(=O)COC(=O)Cc1csc(-c2cccc(F)c2)n1. The van der Waals surface area contributed by atoms with Crippen molar-refractivity contribution in [1.29, 1.82) is 0 Å². The number of likely N-dealkylation sites (N-methyl/N-ethyl adjacent to an activating group) is 1. The standard InChI is InChI=1S/C22H21FN2O3S/c1-15(16-7-4-3-5-8-16)25(2)20(26)13-28-21(27)12-19-14-29-22(24-19)17-9-6-10-18(23)11-17/h3-11,14-15H,12-13H2,1-2H3/t15-/m0/s1. The van der Waals surface area contributed by atoms with Gasteiger partial charge in [0.25, 0.3) is 5.91 Å². The maximum Gasteiger partial charge on any atom is 0.312 e. The predicted octanol–water partition coefficient (Wildman–Crippen LogP) is 4.25. The van der Waals surface area contributed by atoms with Crippen molar-refractivity contribution in [2.24, 2.45) is 0 Å². The Labute approximate surface area is 172 Å². The highest BCUT2D eigenvalue weighted by Crippen LogP contribution is 2.24. The Morgan fingerprint density at radius 2 is 1.93 bits per heavy atom. The van der Waals surface area contributed by atoms with Crippen molar-refractivity contribution >= 4 is 23.2 Å². The Bertz CT molecular complexity index is 990. The molecule has 0 radical (unpaired) electrons. The van der Waals surface area contributed by atoms with Gasteiger partial charge in [0.2, 0.25) is 0 Å². The number of aromatic nitrogens is 1. The first kappa shape index (κ1) is 20.7. The molecular formula is C22H21FN2O3S.